The number of halogens is 3. The van der Waals surface area contributed by atoms with E-state index in [1.54, 1.807) is 12.1 Å². The second-order valence-electron chi connectivity index (χ2n) is 8.96. The molecule has 0 saturated carbocycles. The number of hydrogen-bond acceptors (Lipinski definition) is 8. The summed E-state index contributed by atoms with van der Waals surface area (Å²) in [5.74, 6) is -0.523. The minimum Gasteiger partial charge on any atom is -0.490 e. The Balaban J connectivity index is 2.14. The third-order valence-electron chi connectivity index (χ3n) is 5.46. The number of alkyl halides is 1. The van der Waals surface area contributed by atoms with Gasteiger partial charge in [-0.25, -0.2) is 0 Å². The van der Waals surface area contributed by atoms with Crippen molar-refractivity contribution in [2.24, 2.45) is 0 Å². The van der Waals surface area contributed by atoms with Gasteiger partial charge in [0.25, 0.3) is 0 Å². The highest BCUT2D eigenvalue weighted by Crippen LogP contribution is 2.40. The van der Waals surface area contributed by atoms with Crippen LogP contribution in [0, 0.1) is 0 Å². The summed E-state index contributed by atoms with van der Waals surface area (Å²) in [6, 6.07) is 11.0. The molecule has 0 heterocycles. The molecule has 2 aromatic carbocycles. The maximum absolute atomic E-state index is 11.4. The SMILES string of the molecule is CC(=O)OCC(COc1c(Cl)cc(C(C)(C)c2ccc(OCC(CCl)OC(C)=O)cc2)cc1Cl)OC(C)=O. The van der Waals surface area contributed by atoms with Crippen molar-refractivity contribution >= 4 is 52.7 Å². The average molecular weight is 590 g/mol. The smallest absolute Gasteiger partial charge is 0.303 e. The monoisotopic (exact) mass is 588 g/mol. The van der Waals surface area contributed by atoms with Crippen LogP contribution in [0.15, 0.2) is 36.4 Å². The molecule has 0 bridgehead atoms. The average Bonchev–Trinajstić information content (AvgIpc) is 2.83. The molecule has 0 radical (unpaired) electrons. The fraction of sp³-hybridized carbons (Fsp3) is 0.444. The normalized spacial score (nSPS) is 12.7. The van der Waals surface area contributed by atoms with Crippen LogP contribution in [0.4, 0.5) is 0 Å². The Morgan fingerprint density at radius 2 is 1.29 bits per heavy atom. The van der Waals surface area contributed by atoms with Crippen molar-refractivity contribution in [3.63, 3.8) is 0 Å². The topological polar surface area (TPSA) is 97.4 Å². The molecule has 11 heteroatoms. The van der Waals surface area contributed by atoms with Gasteiger partial charge in [-0.15, -0.1) is 11.6 Å². The Morgan fingerprint density at radius 3 is 1.79 bits per heavy atom. The van der Waals surface area contributed by atoms with Gasteiger partial charge in [0.05, 0.1) is 15.9 Å². The van der Waals surface area contributed by atoms with E-state index in [0.717, 1.165) is 11.1 Å². The van der Waals surface area contributed by atoms with Gasteiger partial charge < -0.3 is 23.7 Å². The van der Waals surface area contributed by atoms with Gasteiger partial charge in [-0.05, 0) is 35.4 Å². The lowest BCUT2D eigenvalue weighted by molar-refractivity contribution is -0.158. The van der Waals surface area contributed by atoms with Crippen molar-refractivity contribution in [3.8, 4) is 11.5 Å². The van der Waals surface area contributed by atoms with Crippen LogP contribution < -0.4 is 9.47 Å². The quantitative estimate of drug-likeness (QED) is 0.166. The molecule has 2 aromatic rings. The molecule has 8 nitrogen and oxygen atoms in total. The zero-order chi connectivity index (χ0) is 28.5. The largest absolute Gasteiger partial charge is 0.490 e. The van der Waals surface area contributed by atoms with Crippen molar-refractivity contribution < 1.29 is 38.1 Å². The van der Waals surface area contributed by atoms with Crippen LogP contribution in [-0.4, -0.2) is 55.8 Å². The molecular weight excluding hydrogens is 559 g/mol. The fourth-order valence-corrected chi connectivity index (χ4v) is 4.21. The number of hydrogen-bond donors (Lipinski definition) is 0. The molecule has 0 aliphatic rings. The first kappa shape index (κ1) is 31.5. The molecular formula is C27H31Cl3O8. The molecule has 0 saturated heterocycles. The van der Waals surface area contributed by atoms with Crippen molar-refractivity contribution in [2.45, 2.75) is 52.2 Å². The fourth-order valence-electron chi connectivity index (χ4n) is 3.46. The maximum Gasteiger partial charge on any atom is 0.303 e. The van der Waals surface area contributed by atoms with Gasteiger partial charge in [0.1, 0.15) is 31.7 Å². The van der Waals surface area contributed by atoms with Gasteiger partial charge in [-0.2, -0.15) is 0 Å². The Hall–Kier alpha value is -2.68. The van der Waals surface area contributed by atoms with Gasteiger partial charge in [0.2, 0.25) is 0 Å². The zero-order valence-corrected chi connectivity index (χ0v) is 24.1. The van der Waals surface area contributed by atoms with Gasteiger partial charge in [-0.1, -0.05) is 49.2 Å². The van der Waals surface area contributed by atoms with Crippen LogP contribution in [0.1, 0.15) is 45.7 Å². The van der Waals surface area contributed by atoms with Crippen molar-refractivity contribution in [3.05, 3.63) is 57.6 Å². The second kappa shape index (κ2) is 14.5. The predicted molar refractivity (Wildman–Crippen MR) is 144 cm³/mol. The van der Waals surface area contributed by atoms with Gasteiger partial charge in [0, 0.05) is 26.2 Å². The third kappa shape index (κ3) is 9.57. The van der Waals surface area contributed by atoms with E-state index in [4.69, 9.17) is 58.5 Å². The standard InChI is InChI=1S/C27H31Cl3O8/c1-16(31)34-14-23(38-18(3)33)15-36-26-24(29)10-20(11-25(26)30)27(4,5)19-6-8-21(9-7-19)35-13-22(12-28)37-17(2)32/h6-11,22-23H,12-15H2,1-5H3. The van der Waals surface area contributed by atoms with Gasteiger partial charge in [-0.3, -0.25) is 14.4 Å². The molecule has 0 aromatic heterocycles. The molecule has 208 valence electrons. The molecule has 0 spiro atoms. The number of rotatable bonds is 13. The Bertz CT molecular complexity index is 1090. The highest BCUT2D eigenvalue weighted by molar-refractivity contribution is 6.37. The minimum atomic E-state index is -0.825. The number of benzene rings is 2. The first-order valence-corrected chi connectivity index (χ1v) is 13.0. The molecule has 0 fully saturated rings. The minimum absolute atomic E-state index is 0.113. The number of carbonyl (C=O) groups is 3. The maximum atomic E-state index is 11.4. The highest BCUT2D eigenvalue weighted by Gasteiger charge is 2.26. The summed E-state index contributed by atoms with van der Waals surface area (Å²) < 4.78 is 26.6. The van der Waals surface area contributed by atoms with E-state index in [1.807, 2.05) is 38.1 Å². The summed E-state index contributed by atoms with van der Waals surface area (Å²) in [5.41, 5.74) is 1.31. The molecule has 0 aliphatic heterocycles. The lowest BCUT2D eigenvalue weighted by Crippen LogP contribution is -2.30. The first-order chi connectivity index (χ1) is 17.8. The number of esters is 3. The molecule has 2 unspecified atom stereocenters. The van der Waals surface area contributed by atoms with Crippen LogP contribution >= 0.6 is 34.8 Å². The summed E-state index contributed by atoms with van der Waals surface area (Å²) in [7, 11) is 0. The van der Waals surface area contributed by atoms with Crippen LogP contribution in [0.2, 0.25) is 10.0 Å². The van der Waals surface area contributed by atoms with E-state index in [1.165, 1.54) is 20.8 Å². The summed E-state index contributed by atoms with van der Waals surface area (Å²) in [6.45, 7) is 7.72. The van der Waals surface area contributed by atoms with Crippen LogP contribution in [0.3, 0.4) is 0 Å². The van der Waals surface area contributed by atoms with E-state index in [0.29, 0.717) is 5.75 Å². The molecule has 0 aliphatic carbocycles. The third-order valence-corrected chi connectivity index (χ3v) is 6.36. The highest BCUT2D eigenvalue weighted by atomic mass is 35.5. The predicted octanol–water partition coefficient (Wildman–Crippen LogP) is 5.74. The van der Waals surface area contributed by atoms with Crippen molar-refractivity contribution in [1.82, 2.24) is 0 Å². The summed E-state index contributed by atoms with van der Waals surface area (Å²) in [5, 5.41) is 0.541. The van der Waals surface area contributed by atoms with E-state index in [9.17, 15) is 14.4 Å². The molecule has 2 rings (SSSR count). The van der Waals surface area contributed by atoms with Crippen LogP contribution in [0.5, 0.6) is 11.5 Å². The zero-order valence-electron chi connectivity index (χ0n) is 21.8. The van der Waals surface area contributed by atoms with E-state index < -0.39 is 35.5 Å². The van der Waals surface area contributed by atoms with E-state index >= 15 is 0 Å². The number of carbonyl (C=O) groups excluding carboxylic acids is 3. The van der Waals surface area contributed by atoms with E-state index in [-0.39, 0.29) is 41.5 Å². The summed E-state index contributed by atoms with van der Waals surface area (Å²) in [6.07, 6.45) is -1.37. The van der Waals surface area contributed by atoms with Crippen molar-refractivity contribution in [2.75, 3.05) is 25.7 Å². The van der Waals surface area contributed by atoms with E-state index in [2.05, 4.69) is 0 Å². The van der Waals surface area contributed by atoms with Crippen LogP contribution in [0.25, 0.3) is 0 Å². The second-order valence-corrected chi connectivity index (χ2v) is 10.1. The summed E-state index contributed by atoms with van der Waals surface area (Å²) >= 11 is 18.9. The van der Waals surface area contributed by atoms with Gasteiger partial charge >= 0.3 is 17.9 Å². The first-order valence-electron chi connectivity index (χ1n) is 11.7. The molecule has 38 heavy (non-hydrogen) atoms. The lowest BCUT2D eigenvalue weighted by Gasteiger charge is -2.27. The van der Waals surface area contributed by atoms with Crippen LogP contribution in [-0.2, 0) is 34.0 Å². The van der Waals surface area contributed by atoms with Gasteiger partial charge in [0.15, 0.2) is 11.9 Å². The summed E-state index contributed by atoms with van der Waals surface area (Å²) in [4.78, 5) is 33.6. The number of ether oxygens (including phenoxy) is 5. The lowest BCUT2D eigenvalue weighted by atomic mass is 9.78. The molecule has 2 atom stereocenters. The Labute approximate surface area is 237 Å². The molecule has 0 N–H and O–H groups in total. The Kier molecular flexibility index (Phi) is 12.0. The molecule has 0 amide bonds. The van der Waals surface area contributed by atoms with Crippen molar-refractivity contribution in [1.29, 1.82) is 0 Å². The Morgan fingerprint density at radius 1 is 0.763 bits per heavy atom.